The van der Waals surface area contributed by atoms with Crippen LogP contribution in [0.2, 0.25) is 0 Å². The summed E-state index contributed by atoms with van der Waals surface area (Å²) >= 11 is 0. The summed E-state index contributed by atoms with van der Waals surface area (Å²) < 4.78 is 5.17. The van der Waals surface area contributed by atoms with Crippen LogP contribution >= 0.6 is 0 Å². The van der Waals surface area contributed by atoms with Crippen LogP contribution < -0.4 is 0 Å². The number of amides is 2. The molecule has 2 fully saturated rings. The number of carboxylic acids is 1. The average molecular weight is 272 g/mol. The maximum absolute atomic E-state index is 12.3. The van der Waals surface area contributed by atoms with Crippen molar-refractivity contribution in [1.82, 2.24) is 9.80 Å². The molecule has 0 spiro atoms. The van der Waals surface area contributed by atoms with Gasteiger partial charge in [0.2, 0.25) is 0 Å². The zero-order valence-corrected chi connectivity index (χ0v) is 11.0. The summed E-state index contributed by atoms with van der Waals surface area (Å²) in [5, 5.41) is 18.2. The number of likely N-dealkylation sites (tertiary alicyclic amines) is 1. The van der Waals surface area contributed by atoms with E-state index in [9.17, 15) is 9.59 Å². The number of urea groups is 1. The quantitative estimate of drug-likeness (QED) is 0.719. The summed E-state index contributed by atoms with van der Waals surface area (Å²) in [6, 6.07) is -0.601. The number of rotatable bonds is 3. The highest BCUT2D eigenvalue weighted by molar-refractivity contribution is 5.77. The van der Waals surface area contributed by atoms with E-state index in [2.05, 4.69) is 0 Å². The zero-order valence-electron chi connectivity index (χ0n) is 11.0. The number of likely N-dealkylation sites (N-methyl/N-ethyl adjacent to an activating group) is 1. The first-order valence-electron chi connectivity index (χ1n) is 6.47. The monoisotopic (exact) mass is 272 g/mol. The second kappa shape index (κ2) is 5.75. The van der Waals surface area contributed by atoms with Crippen molar-refractivity contribution < 1.29 is 24.5 Å². The minimum Gasteiger partial charge on any atom is -0.481 e. The zero-order chi connectivity index (χ0) is 14.0. The lowest BCUT2D eigenvalue weighted by Gasteiger charge is -2.30. The van der Waals surface area contributed by atoms with Crippen LogP contribution in [0.1, 0.15) is 6.42 Å². The Balaban J connectivity index is 1.97. The van der Waals surface area contributed by atoms with Crippen LogP contribution in [-0.4, -0.2) is 78.0 Å². The highest BCUT2D eigenvalue weighted by atomic mass is 16.5. The van der Waals surface area contributed by atoms with E-state index in [0.717, 1.165) is 6.42 Å². The second-order valence-electron chi connectivity index (χ2n) is 5.23. The van der Waals surface area contributed by atoms with Crippen LogP contribution in [0.15, 0.2) is 0 Å². The van der Waals surface area contributed by atoms with Crippen LogP contribution in [0.25, 0.3) is 0 Å². The van der Waals surface area contributed by atoms with E-state index in [4.69, 9.17) is 14.9 Å². The number of carbonyl (C=O) groups is 2. The molecule has 3 atom stereocenters. The maximum Gasteiger partial charge on any atom is 0.320 e. The van der Waals surface area contributed by atoms with Crippen molar-refractivity contribution in [3.63, 3.8) is 0 Å². The molecule has 7 heteroatoms. The summed E-state index contributed by atoms with van der Waals surface area (Å²) in [5.41, 5.74) is 0. The predicted molar refractivity (Wildman–Crippen MR) is 65.7 cm³/mol. The van der Waals surface area contributed by atoms with Crippen LogP contribution in [-0.2, 0) is 9.53 Å². The molecule has 2 heterocycles. The smallest absolute Gasteiger partial charge is 0.320 e. The molecule has 19 heavy (non-hydrogen) atoms. The Morgan fingerprint density at radius 3 is 2.74 bits per heavy atom. The van der Waals surface area contributed by atoms with Gasteiger partial charge in [-0.05, 0) is 6.42 Å². The minimum atomic E-state index is -0.934. The number of hydrogen-bond acceptors (Lipinski definition) is 4. The molecule has 7 nitrogen and oxygen atoms in total. The number of aliphatic hydroxyl groups is 1. The molecular weight excluding hydrogens is 252 g/mol. The van der Waals surface area contributed by atoms with Gasteiger partial charge in [0.05, 0.1) is 19.3 Å². The number of hydrogen-bond donors (Lipinski definition) is 2. The molecule has 2 amide bonds. The number of nitrogens with zero attached hydrogens (tertiary/aromatic N) is 2. The van der Waals surface area contributed by atoms with E-state index in [1.807, 2.05) is 0 Å². The first-order chi connectivity index (χ1) is 9.04. The van der Waals surface area contributed by atoms with Crippen molar-refractivity contribution in [3.8, 4) is 0 Å². The SMILES string of the molecule is CN(C(=O)N1CCC(CO)C1)C1COCC1C(=O)O. The molecule has 3 unspecified atom stereocenters. The van der Waals surface area contributed by atoms with Gasteiger partial charge in [0, 0.05) is 32.7 Å². The molecular formula is C12H20N2O5. The first-order valence-corrected chi connectivity index (χ1v) is 6.47. The third-order valence-electron chi connectivity index (χ3n) is 3.98. The third-order valence-corrected chi connectivity index (χ3v) is 3.98. The van der Waals surface area contributed by atoms with Crippen LogP contribution in [0.5, 0.6) is 0 Å². The molecule has 108 valence electrons. The fourth-order valence-electron chi connectivity index (χ4n) is 2.68. The first kappa shape index (κ1) is 14.1. The Hall–Kier alpha value is -1.34. The van der Waals surface area contributed by atoms with Gasteiger partial charge < -0.3 is 24.7 Å². The molecule has 2 saturated heterocycles. The fourth-order valence-corrected chi connectivity index (χ4v) is 2.68. The lowest BCUT2D eigenvalue weighted by Crippen LogP contribution is -2.49. The normalized spacial score (nSPS) is 30.6. The minimum absolute atomic E-state index is 0.0811. The fraction of sp³-hybridized carbons (Fsp3) is 0.833. The van der Waals surface area contributed by atoms with Crippen LogP contribution in [0.3, 0.4) is 0 Å². The molecule has 0 aromatic heterocycles. The molecule has 0 radical (unpaired) electrons. The van der Waals surface area contributed by atoms with E-state index in [1.54, 1.807) is 11.9 Å². The molecule has 0 bridgehead atoms. The van der Waals surface area contributed by atoms with Crippen molar-refractivity contribution >= 4 is 12.0 Å². The van der Waals surface area contributed by atoms with Gasteiger partial charge >= 0.3 is 12.0 Å². The maximum atomic E-state index is 12.3. The van der Waals surface area contributed by atoms with Gasteiger partial charge in [0.1, 0.15) is 5.92 Å². The van der Waals surface area contributed by atoms with E-state index in [1.165, 1.54) is 4.90 Å². The average Bonchev–Trinajstić information content (AvgIpc) is 3.05. The van der Waals surface area contributed by atoms with Gasteiger partial charge in [-0.15, -0.1) is 0 Å². The molecule has 0 saturated carbocycles. The van der Waals surface area contributed by atoms with Gasteiger partial charge in [-0.25, -0.2) is 4.79 Å². The number of carbonyl (C=O) groups excluding carboxylic acids is 1. The van der Waals surface area contributed by atoms with Crippen molar-refractivity contribution in [3.05, 3.63) is 0 Å². The van der Waals surface area contributed by atoms with Gasteiger partial charge in [-0.1, -0.05) is 0 Å². The molecule has 2 aliphatic rings. The molecule has 2 rings (SSSR count). The Kier molecular flexibility index (Phi) is 4.26. The lowest BCUT2D eigenvalue weighted by molar-refractivity contribution is -0.142. The number of aliphatic carboxylic acids is 1. The van der Waals surface area contributed by atoms with Crippen molar-refractivity contribution in [1.29, 1.82) is 0 Å². The Morgan fingerprint density at radius 2 is 2.16 bits per heavy atom. The highest BCUT2D eigenvalue weighted by Crippen LogP contribution is 2.22. The van der Waals surface area contributed by atoms with E-state index < -0.39 is 17.9 Å². The Morgan fingerprint density at radius 1 is 1.42 bits per heavy atom. The Bertz CT molecular complexity index is 362. The highest BCUT2D eigenvalue weighted by Gasteiger charge is 2.40. The molecule has 0 aromatic carbocycles. The Labute approximate surface area is 111 Å². The number of carboxylic acid groups (broad SMARTS) is 1. The molecule has 0 aliphatic carbocycles. The van der Waals surface area contributed by atoms with Gasteiger partial charge in [0.25, 0.3) is 0 Å². The summed E-state index contributed by atoms with van der Waals surface area (Å²) in [5.74, 6) is -1.46. The third kappa shape index (κ3) is 2.82. The number of aliphatic hydroxyl groups excluding tert-OH is 1. The van der Waals surface area contributed by atoms with Crippen molar-refractivity contribution in [2.24, 2.45) is 11.8 Å². The van der Waals surface area contributed by atoms with Gasteiger partial charge in [-0.3, -0.25) is 4.79 Å². The topological polar surface area (TPSA) is 90.3 Å². The summed E-state index contributed by atoms with van der Waals surface area (Å²) in [7, 11) is 1.61. The molecule has 0 aromatic rings. The lowest BCUT2D eigenvalue weighted by atomic mass is 10.0. The van der Waals surface area contributed by atoms with Crippen molar-refractivity contribution in [2.45, 2.75) is 12.5 Å². The second-order valence-corrected chi connectivity index (χ2v) is 5.23. The van der Waals surface area contributed by atoms with Gasteiger partial charge in [0.15, 0.2) is 0 Å². The van der Waals surface area contributed by atoms with E-state index in [-0.39, 0.29) is 31.8 Å². The van der Waals surface area contributed by atoms with E-state index >= 15 is 0 Å². The summed E-state index contributed by atoms with van der Waals surface area (Å²) in [4.78, 5) is 26.5. The largest absolute Gasteiger partial charge is 0.481 e. The number of ether oxygens (including phenoxy) is 1. The van der Waals surface area contributed by atoms with Crippen LogP contribution in [0, 0.1) is 11.8 Å². The summed E-state index contributed by atoms with van der Waals surface area (Å²) in [6.45, 7) is 1.63. The standard InChI is InChI=1S/C12H20N2O5/c1-13(10-7-19-6-9(10)11(16)17)12(18)14-3-2-8(4-14)5-15/h8-10,15H,2-7H2,1H3,(H,16,17). The van der Waals surface area contributed by atoms with Gasteiger partial charge in [-0.2, -0.15) is 0 Å². The predicted octanol–water partition coefficient (Wildman–Crippen LogP) is -0.548. The van der Waals surface area contributed by atoms with Crippen LogP contribution in [0.4, 0.5) is 4.79 Å². The van der Waals surface area contributed by atoms with E-state index in [0.29, 0.717) is 13.1 Å². The molecule has 2 aliphatic heterocycles. The van der Waals surface area contributed by atoms with Crippen molar-refractivity contribution in [2.75, 3.05) is 40.0 Å². The summed E-state index contributed by atoms with van der Waals surface area (Å²) in [6.07, 6.45) is 0.791. The molecule has 2 N–H and O–H groups in total.